The van der Waals surface area contributed by atoms with Gasteiger partial charge in [-0.05, 0) is 36.6 Å². The summed E-state index contributed by atoms with van der Waals surface area (Å²) in [5.74, 6) is -0.112. The van der Waals surface area contributed by atoms with Crippen molar-refractivity contribution in [1.29, 1.82) is 0 Å². The number of hydrogen-bond donors (Lipinski definition) is 1. The normalized spacial score (nSPS) is 16.0. The summed E-state index contributed by atoms with van der Waals surface area (Å²) in [5, 5.41) is 2.81. The molecule has 0 saturated carbocycles. The molecule has 5 heteroatoms. The highest BCUT2D eigenvalue weighted by Gasteiger charge is 2.28. The van der Waals surface area contributed by atoms with Crippen molar-refractivity contribution in [3.63, 3.8) is 0 Å². The van der Waals surface area contributed by atoms with Crippen LogP contribution in [0.5, 0.6) is 5.75 Å². The van der Waals surface area contributed by atoms with Crippen LogP contribution in [-0.4, -0.2) is 25.1 Å². The molecule has 0 aromatic heterocycles. The standard InChI is InChI=1S/C18H17NO4/c1-22-18(21)13-8-9-14-16(11-13)23-15(17(20)19-14)10-7-12-5-3-2-4-6-12/h2-6,8-9,11,15H,7,10H2,1H3,(H,19,20). The number of carbonyl (C=O) groups excluding carboxylic acids is 2. The molecule has 2 aromatic rings. The fraction of sp³-hybridized carbons (Fsp3) is 0.222. The SMILES string of the molecule is COC(=O)c1ccc2c(c1)OC(CCc1ccccc1)C(=O)N2. The molecule has 0 bridgehead atoms. The van der Waals surface area contributed by atoms with Crippen molar-refractivity contribution in [3.05, 3.63) is 59.7 Å². The Kier molecular flexibility index (Phi) is 4.28. The van der Waals surface area contributed by atoms with Gasteiger partial charge in [0.15, 0.2) is 6.10 Å². The fourth-order valence-corrected chi connectivity index (χ4v) is 2.52. The van der Waals surface area contributed by atoms with Crippen molar-refractivity contribution in [3.8, 4) is 5.75 Å². The Morgan fingerprint density at radius 1 is 1.22 bits per heavy atom. The Morgan fingerprint density at radius 2 is 2.00 bits per heavy atom. The summed E-state index contributed by atoms with van der Waals surface area (Å²) in [6, 6.07) is 14.8. The average Bonchev–Trinajstić information content (AvgIpc) is 2.59. The summed E-state index contributed by atoms with van der Waals surface area (Å²) in [6.07, 6.45) is 0.735. The quantitative estimate of drug-likeness (QED) is 0.882. The van der Waals surface area contributed by atoms with Crippen LogP contribution in [0.1, 0.15) is 22.3 Å². The summed E-state index contributed by atoms with van der Waals surface area (Å²) in [7, 11) is 1.33. The van der Waals surface area contributed by atoms with Gasteiger partial charge in [0.25, 0.3) is 5.91 Å². The van der Waals surface area contributed by atoms with Crippen LogP contribution < -0.4 is 10.1 Å². The summed E-state index contributed by atoms with van der Waals surface area (Å²) in [5.41, 5.74) is 2.11. The van der Waals surface area contributed by atoms with Gasteiger partial charge >= 0.3 is 5.97 Å². The van der Waals surface area contributed by atoms with Crippen LogP contribution in [0.4, 0.5) is 5.69 Å². The Balaban J connectivity index is 1.73. The van der Waals surface area contributed by atoms with Gasteiger partial charge in [0, 0.05) is 0 Å². The maximum Gasteiger partial charge on any atom is 0.337 e. The van der Waals surface area contributed by atoms with Gasteiger partial charge in [0.2, 0.25) is 0 Å². The number of fused-ring (bicyclic) bond motifs is 1. The van der Waals surface area contributed by atoms with Gasteiger partial charge in [-0.1, -0.05) is 30.3 Å². The molecule has 0 fully saturated rings. The van der Waals surface area contributed by atoms with Crippen molar-refractivity contribution in [2.24, 2.45) is 0 Å². The van der Waals surface area contributed by atoms with Gasteiger partial charge in [-0.15, -0.1) is 0 Å². The molecule has 0 saturated heterocycles. The van der Waals surface area contributed by atoms with Crippen LogP contribution in [0.2, 0.25) is 0 Å². The molecular formula is C18H17NO4. The zero-order chi connectivity index (χ0) is 16.2. The minimum absolute atomic E-state index is 0.167. The van der Waals surface area contributed by atoms with E-state index in [2.05, 4.69) is 5.32 Å². The van der Waals surface area contributed by atoms with Gasteiger partial charge in [-0.2, -0.15) is 0 Å². The van der Waals surface area contributed by atoms with E-state index in [0.717, 1.165) is 12.0 Å². The van der Waals surface area contributed by atoms with Crippen LogP contribution in [0.25, 0.3) is 0 Å². The van der Waals surface area contributed by atoms with E-state index in [1.807, 2.05) is 30.3 Å². The second kappa shape index (κ2) is 6.52. The van der Waals surface area contributed by atoms with E-state index in [4.69, 9.17) is 9.47 Å². The number of anilines is 1. The van der Waals surface area contributed by atoms with Gasteiger partial charge < -0.3 is 14.8 Å². The number of benzene rings is 2. The van der Waals surface area contributed by atoms with E-state index < -0.39 is 12.1 Å². The maximum atomic E-state index is 12.1. The smallest absolute Gasteiger partial charge is 0.337 e. The largest absolute Gasteiger partial charge is 0.478 e. The highest BCUT2D eigenvalue weighted by molar-refractivity contribution is 5.99. The van der Waals surface area contributed by atoms with Crippen molar-refractivity contribution in [1.82, 2.24) is 0 Å². The fourth-order valence-electron chi connectivity index (χ4n) is 2.52. The minimum Gasteiger partial charge on any atom is -0.478 e. The molecule has 1 aliphatic heterocycles. The lowest BCUT2D eigenvalue weighted by atomic mass is 10.0. The number of nitrogens with one attached hydrogen (secondary N) is 1. The van der Waals surface area contributed by atoms with E-state index >= 15 is 0 Å². The van der Waals surface area contributed by atoms with Crippen LogP contribution in [0, 0.1) is 0 Å². The zero-order valence-corrected chi connectivity index (χ0v) is 12.7. The van der Waals surface area contributed by atoms with Crippen molar-refractivity contribution in [2.75, 3.05) is 12.4 Å². The Morgan fingerprint density at radius 3 is 2.74 bits per heavy atom. The number of methoxy groups -OCH3 is 1. The molecule has 23 heavy (non-hydrogen) atoms. The van der Waals surface area contributed by atoms with Gasteiger partial charge in [0.1, 0.15) is 5.75 Å². The number of amides is 1. The van der Waals surface area contributed by atoms with Gasteiger partial charge in [-0.25, -0.2) is 4.79 Å². The van der Waals surface area contributed by atoms with Crippen LogP contribution in [0.3, 0.4) is 0 Å². The third-order valence-corrected chi connectivity index (χ3v) is 3.76. The van der Waals surface area contributed by atoms with E-state index in [1.165, 1.54) is 7.11 Å². The highest BCUT2D eigenvalue weighted by atomic mass is 16.5. The van der Waals surface area contributed by atoms with Crippen molar-refractivity contribution < 1.29 is 19.1 Å². The number of rotatable bonds is 4. The molecule has 0 aliphatic carbocycles. The third-order valence-electron chi connectivity index (χ3n) is 3.76. The summed E-state index contributed by atoms with van der Waals surface area (Å²) < 4.78 is 10.5. The van der Waals surface area contributed by atoms with E-state index in [0.29, 0.717) is 23.4 Å². The molecule has 2 aromatic carbocycles. The van der Waals surface area contributed by atoms with E-state index in [9.17, 15) is 9.59 Å². The summed E-state index contributed by atoms with van der Waals surface area (Å²) in [6.45, 7) is 0. The van der Waals surface area contributed by atoms with Gasteiger partial charge in [-0.3, -0.25) is 4.79 Å². The molecule has 0 radical (unpaired) electrons. The maximum absolute atomic E-state index is 12.1. The number of carbonyl (C=O) groups is 2. The minimum atomic E-state index is -0.574. The van der Waals surface area contributed by atoms with Gasteiger partial charge in [0.05, 0.1) is 18.4 Å². The average molecular weight is 311 g/mol. The predicted octanol–water partition coefficient (Wildman–Crippen LogP) is 2.81. The lowest BCUT2D eigenvalue weighted by Crippen LogP contribution is -2.37. The number of ether oxygens (including phenoxy) is 2. The number of hydrogen-bond acceptors (Lipinski definition) is 4. The first-order valence-electron chi connectivity index (χ1n) is 7.41. The molecular weight excluding hydrogens is 294 g/mol. The van der Waals surface area contributed by atoms with E-state index in [1.54, 1.807) is 18.2 Å². The third kappa shape index (κ3) is 3.34. The van der Waals surface area contributed by atoms with Crippen molar-refractivity contribution >= 4 is 17.6 Å². The summed E-state index contributed by atoms with van der Waals surface area (Å²) in [4.78, 5) is 23.7. The Labute approximate surface area is 134 Å². The molecule has 0 spiro atoms. The van der Waals surface area contributed by atoms with Crippen LogP contribution in [0.15, 0.2) is 48.5 Å². The van der Waals surface area contributed by atoms with Crippen LogP contribution in [-0.2, 0) is 16.0 Å². The number of aryl methyl sites for hydroxylation is 1. The van der Waals surface area contributed by atoms with Crippen LogP contribution >= 0.6 is 0 Å². The molecule has 1 heterocycles. The molecule has 1 unspecified atom stereocenters. The second-order valence-electron chi connectivity index (χ2n) is 5.32. The molecule has 3 rings (SSSR count). The predicted molar refractivity (Wildman–Crippen MR) is 85.6 cm³/mol. The Bertz CT molecular complexity index is 727. The zero-order valence-electron chi connectivity index (χ0n) is 12.7. The monoisotopic (exact) mass is 311 g/mol. The molecule has 1 amide bonds. The highest BCUT2D eigenvalue weighted by Crippen LogP contribution is 2.31. The first kappa shape index (κ1) is 15.1. The Hall–Kier alpha value is -2.82. The molecule has 1 atom stereocenters. The molecule has 1 aliphatic rings. The number of esters is 1. The first-order valence-corrected chi connectivity index (χ1v) is 7.41. The topological polar surface area (TPSA) is 64.6 Å². The molecule has 118 valence electrons. The lowest BCUT2D eigenvalue weighted by molar-refractivity contribution is -0.123. The van der Waals surface area contributed by atoms with Crippen molar-refractivity contribution in [2.45, 2.75) is 18.9 Å². The molecule has 1 N–H and O–H groups in total. The first-order chi connectivity index (χ1) is 11.2. The molecule has 5 nitrogen and oxygen atoms in total. The lowest BCUT2D eigenvalue weighted by Gasteiger charge is -2.26. The second-order valence-corrected chi connectivity index (χ2v) is 5.32. The summed E-state index contributed by atoms with van der Waals surface area (Å²) >= 11 is 0. The van der Waals surface area contributed by atoms with E-state index in [-0.39, 0.29) is 5.91 Å².